The van der Waals surface area contributed by atoms with Crippen molar-refractivity contribution in [1.29, 1.82) is 0 Å². The van der Waals surface area contributed by atoms with Crippen molar-refractivity contribution < 1.29 is 9.90 Å². The zero-order valence-corrected chi connectivity index (χ0v) is 7.95. The van der Waals surface area contributed by atoms with Crippen molar-refractivity contribution in [2.24, 2.45) is 4.99 Å². The van der Waals surface area contributed by atoms with Crippen LogP contribution in [0.3, 0.4) is 0 Å². The number of nitrogens with zero attached hydrogens (tertiary/aromatic N) is 1. The molecular weight excluding hydrogens is 178 g/mol. The third-order valence-corrected chi connectivity index (χ3v) is 1.94. The van der Waals surface area contributed by atoms with Gasteiger partial charge in [0.2, 0.25) is 0 Å². The molecule has 72 valence electrons. The Morgan fingerprint density at radius 2 is 2.21 bits per heavy atom. The van der Waals surface area contributed by atoms with Gasteiger partial charge in [-0.25, -0.2) is 0 Å². The van der Waals surface area contributed by atoms with Crippen molar-refractivity contribution >= 4 is 24.3 Å². The minimum Gasteiger partial charge on any atom is -0.506 e. The third kappa shape index (κ3) is 1.57. The van der Waals surface area contributed by atoms with Crippen molar-refractivity contribution in [3.05, 3.63) is 29.8 Å². The van der Waals surface area contributed by atoms with Crippen LogP contribution < -0.4 is 0 Å². The van der Waals surface area contributed by atoms with Crippen molar-refractivity contribution in [3.8, 4) is 5.75 Å². The van der Waals surface area contributed by atoms with E-state index in [4.69, 9.17) is 0 Å². The van der Waals surface area contributed by atoms with Crippen LogP contribution in [0.5, 0.6) is 5.75 Å². The van der Waals surface area contributed by atoms with Gasteiger partial charge in [-0.15, -0.1) is 0 Å². The van der Waals surface area contributed by atoms with Crippen LogP contribution in [0.15, 0.2) is 23.7 Å². The molecule has 1 N–H and O–H groups in total. The lowest BCUT2D eigenvalue weighted by molar-refractivity contribution is 0.101. The molecule has 0 aliphatic carbocycles. The first-order chi connectivity index (χ1) is 6.61. The summed E-state index contributed by atoms with van der Waals surface area (Å²) in [6.07, 6.45) is 1.49. The monoisotopic (exact) mass is 189 g/mol. The smallest absolute Gasteiger partial charge is 0.160 e. The topological polar surface area (TPSA) is 49.7 Å². The predicted molar refractivity (Wildman–Crippen MR) is 57.4 cm³/mol. The van der Waals surface area contributed by atoms with Gasteiger partial charge in [0.25, 0.3) is 0 Å². The van der Waals surface area contributed by atoms with E-state index < -0.39 is 0 Å². The highest BCUT2D eigenvalue weighted by atomic mass is 16.3. The van der Waals surface area contributed by atoms with E-state index in [9.17, 15) is 9.90 Å². The third-order valence-electron chi connectivity index (χ3n) is 1.94. The number of benzene rings is 1. The highest BCUT2D eigenvalue weighted by Crippen LogP contribution is 2.33. The molecule has 0 unspecified atom stereocenters. The summed E-state index contributed by atoms with van der Waals surface area (Å²) in [7, 11) is 0. The van der Waals surface area contributed by atoms with Gasteiger partial charge in [-0.2, -0.15) is 0 Å². The van der Waals surface area contributed by atoms with Crippen LogP contribution in [0.4, 0.5) is 5.69 Å². The van der Waals surface area contributed by atoms with Crippen LogP contribution in [0.1, 0.15) is 22.8 Å². The normalized spacial score (nSPS) is 9.50. The van der Waals surface area contributed by atoms with E-state index in [1.807, 2.05) is 0 Å². The lowest BCUT2D eigenvalue weighted by atomic mass is 10.0. The number of carbonyl (C=O) groups excluding carboxylic acids is 1. The lowest BCUT2D eigenvalue weighted by Gasteiger charge is -2.07. The summed E-state index contributed by atoms with van der Waals surface area (Å²) in [5.41, 5.74) is 1.31. The Labute approximate surface area is 82.4 Å². The number of rotatable bonds is 3. The van der Waals surface area contributed by atoms with Crippen LogP contribution in [0, 0.1) is 0 Å². The number of ketones is 1. The Balaban J connectivity index is 3.56. The van der Waals surface area contributed by atoms with Crippen molar-refractivity contribution in [1.82, 2.24) is 0 Å². The SMILES string of the molecule is C=Cc1c(C(C)=O)ccc(O)c1N=C. The average Bonchev–Trinajstić information content (AvgIpc) is 2.16. The molecule has 0 saturated carbocycles. The van der Waals surface area contributed by atoms with Crippen LogP contribution in [0.2, 0.25) is 0 Å². The van der Waals surface area contributed by atoms with E-state index >= 15 is 0 Å². The largest absolute Gasteiger partial charge is 0.506 e. The second-order valence-electron chi connectivity index (χ2n) is 2.81. The molecule has 0 radical (unpaired) electrons. The number of hydrogen-bond donors (Lipinski definition) is 1. The lowest BCUT2D eigenvalue weighted by Crippen LogP contribution is -1.95. The fraction of sp³-hybridized carbons (Fsp3) is 0.0909. The number of phenols is 1. The van der Waals surface area contributed by atoms with Crippen molar-refractivity contribution in [2.75, 3.05) is 0 Å². The van der Waals surface area contributed by atoms with E-state index in [1.165, 1.54) is 19.1 Å². The van der Waals surface area contributed by atoms with Gasteiger partial charge in [-0.3, -0.25) is 9.79 Å². The van der Waals surface area contributed by atoms with E-state index in [1.54, 1.807) is 6.07 Å². The quantitative estimate of drug-likeness (QED) is 0.586. The molecule has 14 heavy (non-hydrogen) atoms. The highest BCUT2D eigenvalue weighted by molar-refractivity contribution is 6.00. The van der Waals surface area contributed by atoms with Crippen LogP contribution >= 0.6 is 0 Å². The number of Topliss-reactive ketones (excluding diaryl/α,β-unsaturated/α-hetero) is 1. The number of aromatic hydroxyl groups is 1. The van der Waals surface area contributed by atoms with Crippen LogP contribution in [0.25, 0.3) is 6.08 Å². The second-order valence-corrected chi connectivity index (χ2v) is 2.81. The van der Waals surface area contributed by atoms with Gasteiger partial charge in [0.1, 0.15) is 11.4 Å². The van der Waals surface area contributed by atoms with Crippen LogP contribution in [-0.4, -0.2) is 17.6 Å². The van der Waals surface area contributed by atoms with Gasteiger partial charge in [-0.1, -0.05) is 12.7 Å². The molecule has 0 fully saturated rings. The summed E-state index contributed by atoms with van der Waals surface area (Å²) >= 11 is 0. The molecule has 1 aromatic rings. The molecule has 1 aromatic carbocycles. The van der Waals surface area contributed by atoms with Gasteiger partial charge in [0.15, 0.2) is 5.78 Å². The van der Waals surface area contributed by atoms with Gasteiger partial charge < -0.3 is 5.11 Å². The fourth-order valence-corrected chi connectivity index (χ4v) is 1.28. The number of aliphatic imine (C=N–C) groups is 1. The molecule has 0 aromatic heterocycles. The molecule has 1 rings (SSSR count). The Morgan fingerprint density at radius 3 is 2.64 bits per heavy atom. The summed E-state index contributed by atoms with van der Waals surface area (Å²) in [6.45, 7) is 8.35. The molecule has 0 aliphatic heterocycles. The summed E-state index contributed by atoms with van der Waals surface area (Å²) in [5, 5.41) is 9.44. The summed E-state index contributed by atoms with van der Waals surface area (Å²) in [4.78, 5) is 14.9. The van der Waals surface area contributed by atoms with Crippen molar-refractivity contribution in [3.63, 3.8) is 0 Å². The maximum Gasteiger partial charge on any atom is 0.160 e. The molecule has 0 amide bonds. The van der Waals surface area contributed by atoms with E-state index in [2.05, 4.69) is 18.3 Å². The molecule has 0 saturated heterocycles. The van der Waals surface area contributed by atoms with Gasteiger partial charge in [0, 0.05) is 11.1 Å². The number of carbonyl (C=O) groups is 1. The van der Waals surface area contributed by atoms with E-state index in [0.717, 1.165) is 0 Å². The molecular formula is C11H11NO2. The van der Waals surface area contributed by atoms with Crippen LogP contribution in [-0.2, 0) is 0 Å². The summed E-state index contributed by atoms with van der Waals surface area (Å²) in [6, 6.07) is 2.97. The zero-order chi connectivity index (χ0) is 10.7. The highest BCUT2D eigenvalue weighted by Gasteiger charge is 2.11. The maximum absolute atomic E-state index is 11.2. The Morgan fingerprint density at radius 1 is 1.57 bits per heavy atom. The first kappa shape index (κ1) is 10.2. The molecule has 0 aliphatic rings. The first-order valence-corrected chi connectivity index (χ1v) is 4.08. The molecule has 0 atom stereocenters. The number of hydrogen-bond acceptors (Lipinski definition) is 3. The zero-order valence-electron chi connectivity index (χ0n) is 7.95. The second kappa shape index (κ2) is 3.87. The van der Waals surface area contributed by atoms with E-state index in [0.29, 0.717) is 16.8 Å². The predicted octanol–water partition coefficient (Wildman–Crippen LogP) is 2.57. The molecule has 0 bridgehead atoms. The standard InChI is InChI=1S/C11H11NO2/c1-4-8-9(7(2)13)5-6-10(14)11(8)12-3/h4-6,14H,1,3H2,2H3. The Bertz CT molecular complexity index is 408. The van der Waals surface area contributed by atoms with E-state index in [-0.39, 0.29) is 11.5 Å². The van der Waals surface area contributed by atoms with Crippen molar-refractivity contribution in [2.45, 2.75) is 6.92 Å². The average molecular weight is 189 g/mol. The van der Waals surface area contributed by atoms with Gasteiger partial charge in [0.05, 0.1) is 0 Å². The maximum atomic E-state index is 11.2. The van der Waals surface area contributed by atoms with Gasteiger partial charge >= 0.3 is 0 Å². The van der Waals surface area contributed by atoms with Gasteiger partial charge in [-0.05, 0) is 25.8 Å². The Kier molecular flexibility index (Phi) is 2.82. The minimum absolute atomic E-state index is 0.0000926. The minimum atomic E-state index is -0.0928. The molecule has 3 nitrogen and oxygen atoms in total. The fourth-order valence-electron chi connectivity index (χ4n) is 1.28. The number of phenolic OH excluding ortho intramolecular Hbond substituents is 1. The molecule has 3 heteroatoms. The molecule has 0 heterocycles. The summed E-state index contributed by atoms with van der Waals surface area (Å²) in [5.74, 6) is -0.0929. The summed E-state index contributed by atoms with van der Waals surface area (Å²) < 4.78 is 0. The Hall–Kier alpha value is -1.90. The first-order valence-electron chi connectivity index (χ1n) is 4.08. The molecule has 0 spiro atoms.